The van der Waals surface area contributed by atoms with E-state index in [1.807, 2.05) is 17.7 Å². The fourth-order valence-corrected chi connectivity index (χ4v) is 5.00. The summed E-state index contributed by atoms with van der Waals surface area (Å²) in [5.41, 5.74) is 5.90. The predicted octanol–water partition coefficient (Wildman–Crippen LogP) is 4.07. The summed E-state index contributed by atoms with van der Waals surface area (Å²) < 4.78 is 27.0. The molecule has 8 heteroatoms. The Kier molecular flexibility index (Phi) is 4.75. The number of nitrogens with zero attached hydrogens (tertiary/aromatic N) is 5. The molecule has 2 fully saturated rings. The van der Waals surface area contributed by atoms with E-state index in [0.29, 0.717) is 25.1 Å². The molecule has 7 nitrogen and oxygen atoms in total. The second-order valence-electron chi connectivity index (χ2n) is 8.73. The molecule has 0 atom stereocenters. The molecule has 0 unspecified atom stereocenters. The molecule has 0 aliphatic carbocycles. The van der Waals surface area contributed by atoms with Gasteiger partial charge in [-0.15, -0.1) is 0 Å². The number of benzene rings is 1. The molecule has 0 bridgehead atoms. The number of aryl methyl sites for hydroxylation is 1. The lowest BCUT2D eigenvalue weighted by molar-refractivity contribution is 0.120. The number of fused-ring (bicyclic) bond motifs is 2. The predicted molar refractivity (Wildman–Crippen MR) is 122 cm³/mol. The van der Waals surface area contributed by atoms with Crippen LogP contribution in [0.4, 0.5) is 16.1 Å². The number of morpholine rings is 1. The number of anilines is 2. The molecule has 0 N–H and O–H groups in total. The Labute approximate surface area is 185 Å². The van der Waals surface area contributed by atoms with Gasteiger partial charge in [-0.05, 0) is 42.5 Å². The van der Waals surface area contributed by atoms with Crippen molar-refractivity contribution < 1.29 is 13.5 Å². The fraction of sp³-hybridized carbons (Fsp3) is 0.417. The molecule has 2 aliphatic heterocycles. The number of rotatable bonds is 3. The van der Waals surface area contributed by atoms with E-state index >= 15 is 0 Å². The van der Waals surface area contributed by atoms with Crippen LogP contribution in [0.25, 0.3) is 22.1 Å². The number of aromatic nitrogens is 3. The van der Waals surface area contributed by atoms with Crippen molar-refractivity contribution >= 4 is 33.8 Å². The zero-order valence-corrected chi connectivity index (χ0v) is 18.1. The first-order valence-electron chi connectivity index (χ1n) is 11.2. The summed E-state index contributed by atoms with van der Waals surface area (Å²) in [7, 11) is 1.96. The topological polar surface area (TPSA) is 59.6 Å². The van der Waals surface area contributed by atoms with Gasteiger partial charge in [-0.2, -0.15) is 4.98 Å². The Balaban J connectivity index is 1.19. The summed E-state index contributed by atoms with van der Waals surface area (Å²) >= 11 is 0. The number of ether oxygens (including phenoxy) is 1. The third-order valence-electron chi connectivity index (χ3n) is 6.76. The maximum absolute atomic E-state index is 13.6. The minimum absolute atomic E-state index is 0.292. The second kappa shape index (κ2) is 7.78. The van der Waals surface area contributed by atoms with E-state index in [4.69, 9.17) is 14.1 Å². The summed E-state index contributed by atoms with van der Waals surface area (Å²) in [6, 6.07) is 8.53. The van der Waals surface area contributed by atoms with Crippen LogP contribution in [-0.2, 0) is 11.8 Å². The minimum atomic E-state index is -0.292. The van der Waals surface area contributed by atoms with Crippen LogP contribution >= 0.6 is 0 Å². The summed E-state index contributed by atoms with van der Waals surface area (Å²) in [5.74, 6) is 0.136. The Morgan fingerprint density at radius 1 is 1.03 bits per heavy atom. The number of piperidine rings is 1. The van der Waals surface area contributed by atoms with Crippen LogP contribution in [0.1, 0.15) is 24.3 Å². The van der Waals surface area contributed by atoms with E-state index in [9.17, 15) is 4.39 Å². The van der Waals surface area contributed by atoms with Crippen molar-refractivity contribution in [2.75, 3.05) is 49.2 Å². The van der Waals surface area contributed by atoms with E-state index in [-0.39, 0.29) is 5.82 Å². The third kappa shape index (κ3) is 3.39. The van der Waals surface area contributed by atoms with Crippen molar-refractivity contribution in [2.24, 2.45) is 7.05 Å². The highest BCUT2D eigenvalue weighted by Crippen LogP contribution is 2.35. The van der Waals surface area contributed by atoms with Gasteiger partial charge in [-0.1, -0.05) is 0 Å². The van der Waals surface area contributed by atoms with Gasteiger partial charge in [-0.25, -0.2) is 4.39 Å². The fourth-order valence-electron chi connectivity index (χ4n) is 5.00. The number of hydrogen-bond donors (Lipinski definition) is 0. The molecule has 3 aromatic heterocycles. The average Bonchev–Trinajstić information content (AvgIpc) is 3.40. The Bertz CT molecular complexity index is 1270. The number of oxazole rings is 1. The first-order chi connectivity index (χ1) is 15.7. The molecule has 6 rings (SSSR count). The molecule has 166 valence electrons. The smallest absolute Gasteiger partial charge is 0.298 e. The molecule has 4 aromatic rings. The minimum Gasteiger partial charge on any atom is -0.423 e. The van der Waals surface area contributed by atoms with Crippen LogP contribution in [-0.4, -0.2) is 53.9 Å². The lowest BCUT2D eigenvalue weighted by Crippen LogP contribution is -2.36. The summed E-state index contributed by atoms with van der Waals surface area (Å²) in [5, 5.41) is 0. The van der Waals surface area contributed by atoms with Crippen LogP contribution in [0.5, 0.6) is 0 Å². The van der Waals surface area contributed by atoms with Gasteiger partial charge in [0.25, 0.3) is 6.01 Å². The van der Waals surface area contributed by atoms with Crippen molar-refractivity contribution in [1.29, 1.82) is 0 Å². The number of pyridine rings is 1. The Morgan fingerprint density at radius 2 is 1.84 bits per heavy atom. The highest BCUT2D eigenvalue weighted by Gasteiger charge is 2.25. The molecule has 32 heavy (non-hydrogen) atoms. The van der Waals surface area contributed by atoms with E-state index in [2.05, 4.69) is 33.1 Å². The van der Waals surface area contributed by atoms with Crippen molar-refractivity contribution in [3.63, 3.8) is 0 Å². The summed E-state index contributed by atoms with van der Waals surface area (Å²) in [4.78, 5) is 13.7. The van der Waals surface area contributed by atoms with Crippen LogP contribution < -0.4 is 9.80 Å². The molecule has 2 aliphatic rings. The Morgan fingerprint density at radius 3 is 2.66 bits per heavy atom. The van der Waals surface area contributed by atoms with Gasteiger partial charge in [-0.3, -0.25) is 4.98 Å². The van der Waals surface area contributed by atoms with Crippen molar-refractivity contribution in [3.05, 3.63) is 48.0 Å². The van der Waals surface area contributed by atoms with Crippen molar-refractivity contribution in [3.8, 4) is 0 Å². The number of halogens is 1. The van der Waals surface area contributed by atoms with E-state index in [1.54, 1.807) is 6.07 Å². The summed E-state index contributed by atoms with van der Waals surface area (Å²) in [6.45, 7) is 4.95. The third-order valence-corrected chi connectivity index (χ3v) is 6.76. The van der Waals surface area contributed by atoms with Crippen LogP contribution in [0.2, 0.25) is 0 Å². The highest BCUT2D eigenvalue weighted by atomic mass is 19.1. The van der Waals surface area contributed by atoms with Gasteiger partial charge in [0, 0.05) is 51.2 Å². The molecule has 1 aromatic carbocycles. The average molecular weight is 436 g/mol. The van der Waals surface area contributed by atoms with E-state index in [0.717, 1.165) is 61.2 Å². The normalized spacial score (nSPS) is 18.2. The molecule has 0 spiro atoms. The van der Waals surface area contributed by atoms with Gasteiger partial charge >= 0.3 is 0 Å². The quantitative estimate of drug-likeness (QED) is 0.483. The van der Waals surface area contributed by atoms with E-state index in [1.165, 1.54) is 17.4 Å². The molecule has 2 saturated heterocycles. The lowest BCUT2D eigenvalue weighted by atomic mass is 9.90. The second-order valence-corrected chi connectivity index (χ2v) is 8.73. The van der Waals surface area contributed by atoms with Crippen LogP contribution in [0.15, 0.2) is 41.1 Å². The first kappa shape index (κ1) is 19.5. The molecular formula is C24H26FN5O2. The largest absolute Gasteiger partial charge is 0.423 e. The van der Waals surface area contributed by atoms with Crippen LogP contribution in [0.3, 0.4) is 0 Å². The van der Waals surface area contributed by atoms with Gasteiger partial charge in [0.05, 0.1) is 30.4 Å². The van der Waals surface area contributed by atoms with Crippen LogP contribution in [0, 0.1) is 5.82 Å². The molecule has 0 saturated carbocycles. The molecular weight excluding hydrogens is 409 g/mol. The van der Waals surface area contributed by atoms with Crippen molar-refractivity contribution in [1.82, 2.24) is 14.5 Å². The maximum atomic E-state index is 13.6. The van der Waals surface area contributed by atoms with Gasteiger partial charge < -0.3 is 23.5 Å². The number of hydrogen-bond acceptors (Lipinski definition) is 6. The first-order valence-corrected chi connectivity index (χ1v) is 11.2. The summed E-state index contributed by atoms with van der Waals surface area (Å²) in [6.07, 6.45) is 5.51. The van der Waals surface area contributed by atoms with Gasteiger partial charge in [0.2, 0.25) is 0 Å². The van der Waals surface area contributed by atoms with Crippen molar-refractivity contribution in [2.45, 2.75) is 18.8 Å². The van der Waals surface area contributed by atoms with Gasteiger partial charge in [0.1, 0.15) is 11.3 Å². The lowest BCUT2D eigenvalue weighted by Gasteiger charge is -2.33. The molecule has 0 amide bonds. The Hall–Kier alpha value is -3.13. The SMILES string of the molecule is Cn1cc(C2CCN(c3ccc4oc(N5CCOCC5)nc4c3)CC2)c2ncc(F)cc21. The monoisotopic (exact) mass is 435 g/mol. The van der Waals surface area contributed by atoms with Gasteiger partial charge in [0.15, 0.2) is 5.58 Å². The zero-order chi connectivity index (χ0) is 21.7. The zero-order valence-electron chi connectivity index (χ0n) is 18.1. The molecule has 0 radical (unpaired) electrons. The maximum Gasteiger partial charge on any atom is 0.298 e. The standard InChI is InChI=1S/C24H26FN5O2/c1-28-15-19(23-21(28)12-17(25)14-26-23)16-4-6-29(7-5-16)18-2-3-22-20(13-18)27-24(32-22)30-8-10-31-11-9-30/h2-3,12-16H,4-11H2,1H3. The molecule has 5 heterocycles. The van der Waals surface area contributed by atoms with E-state index < -0.39 is 0 Å². The highest BCUT2D eigenvalue weighted by molar-refractivity contribution is 5.81.